The number of aliphatic hydroxyl groups excluding tert-OH is 1. The first-order valence-corrected chi connectivity index (χ1v) is 6.73. The van der Waals surface area contributed by atoms with E-state index in [1.165, 1.54) is 22.3 Å². The van der Waals surface area contributed by atoms with Crippen molar-refractivity contribution in [2.75, 3.05) is 18.1 Å². The molecule has 0 radical (unpaired) electrons. The maximum atomic E-state index is 8.73. The predicted octanol–water partition coefficient (Wildman–Crippen LogP) is 2.34. The molecule has 0 saturated heterocycles. The molecule has 0 heterocycles. The zero-order valence-corrected chi connectivity index (χ0v) is 11.1. The van der Waals surface area contributed by atoms with Gasteiger partial charge in [-0.1, -0.05) is 17.7 Å². The molecule has 3 N–H and O–H groups in total. The number of aryl methyl sites for hydroxylation is 3. The number of thioether (sulfide) groups is 1. The minimum atomic E-state index is 0.0668. The highest BCUT2D eigenvalue weighted by Gasteiger charge is 2.12. The lowest BCUT2D eigenvalue weighted by Gasteiger charge is -2.18. The Balaban J connectivity index is 2.78. The Morgan fingerprint density at radius 1 is 1.25 bits per heavy atom. The van der Waals surface area contributed by atoms with Gasteiger partial charge in [0.25, 0.3) is 0 Å². The molecule has 1 atom stereocenters. The lowest BCUT2D eigenvalue weighted by atomic mass is 9.95. The first kappa shape index (κ1) is 13.6. The molecule has 2 nitrogen and oxygen atoms in total. The number of benzene rings is 1. The van der Waals surface area contributed by atoms with Gasteiger partial charge in [0.05, 0.1) is 6.61 Å². The molecular weight excluding hydrogens is 218 g/mol. The molecule has 1 aromatic rings. The van der Waals surface area contributed by atoms with Crippen molar-refractivity contribution < 1.29 is 5.11 Å². The fourth-order valence-electron chi connectivity index (χ4n) is 2.13. The number of hydrogen-bond acceptors (Lipinski definition) is 3. The molecule has 3 heteroatoms. The normalized spacial score (nSPS) is 12.8. The van der Waals surface area contributed by atoms with Crippen LogP contribution in [0.2, 0.25) is 0 Å². The van der Waals surface area contributed by atoms with E-state index in [9.17, 15) is 0 Å². The van der Waals surface area contributed by atoms with Gasteiger partial charge in [-0.2, -0.15) is 11.8 Å². The van der Waals surface area contributed by atoms with E-state index >= 15 is 0 Å². The number of rotatable bonds is 5. The smallest absolute Gasteiger partial charge is 0.0521 e. The van der Waals surface area contributed by atoms with Gasteiger partial charge in [0.15, 0.2) is 0 Å². The molecule has 1 aromatic carbocycles. The lowest BCUT2D eigenvalue weighted by Crippen LogP contribution is -2.16. The average molecular weight is 239 g/mol. The third-order valence-corrected chi connectivity index (χ3v) is 3.71. The summed E-state index contributed by atoms with van der Waals surface area (Å²) in [6.07, 6.45) is 0. The molecule has 0 bridgehead atoms. The van der Waals surface area contributed by atoms with Crippen molar-refractivity contribution in [3.05, 3.63) is 34.4 Å². The van der Waals surface area contributed by atoms with E-state index in [1.54, 1.807) is 11.8 Å². The van der Waals surface area contributed by atoms with Crippen molar-refractivity contribution in [2.24, 2.45) is 5.73 Å². The summed E-state index contributed by atoms with van der Waals surface area (Å²) in [5.41, 5.74) is 11.3. The van der Waals surface area contributed by atoms with E-state index in [-0.39, 0.29) is 12.6 Å². The highest BCUT2D eigenvalue weighted by molar-refractivity contribution is 7.99. The van der Waals surface area contributed by atoms with Gasteiger partial charge in [-0.3, -0.25) is 0 Å². The second-order valence-corrected chi connectivity index (χ2v) is 5.37. The van der Waals surface area contributed by atoms with E-state index < -0.39 is 0 Å². The van der Waals surface area contributed by atoms with Crippen LogP contribution in [-0.4, -0.2) is 23.2 Å². The Kier molecular flexibility index (Phi) is 5.32. The number of nitrogens with two attached hydrogens (primary N) is 1. The number of hydrogen-bond donors (Lipinski definition) is 2. The first-order valence-electron chi connectivity index (χ1n) is 5.58. The van der Waals surface area contributed by atoms with Crippen molar-refractivity contribution in [3.8, 4) is 0 Å². The van der Waals surface area contributed by atoms with Crippen molar-refractivity contribution in [3.63, 3.8) is 0 Å². The minimum absolute atomic E-state index is 0.0668. The first-order chi connectivity index (χ1) is 7.56. The lowest BCUT2D eigenvalue weighted by molar-refractivity contribution is 0.322. The van der Waals surface area contributed by atoms with Crippen LogP contribution in [0.25, 0.3) is 0 Å². The maximum absolute atomic E-state index is 8.73. The summed E-state index contributed by atoms with van der Waals surface area (Å²) in [6.45, 7) is 6.57. The SMILES string of the molecule is Cc1cc(C)c(C(N)CSCCO)c(C)c1. The van der Waals surface area contributed by atoms with Crippen LogP contribution in [-0.2, 0) is 0 Å². The Hall–Kier alpha value is -0.510. The molecular formula is C13H21NOS. The van der Waals surface area contributed by atoms with E-state index in [4.69, 9.17) is 10.8 Å². The molecule has 1 rings (SSSR count). The van der Waals surface area contributed by atoms with Gasteiger partial charge < -0.3 is 10.8 Å². The zero-order chi connectivity index (χ0) is 12.1. The number of aliphatic hydroxyl groups is 1. The molecule has 0 saturated carbocycles. The molecule has 1 unspecified atom stereocenters. The van der Waals surface area contributed by atoms with Crippen LogP contribution < -0.4 is 5.73 Å². The van der Waals surface area contributed by atoms with Gasteiger partial charge in [0, 0.05) is 17.5 Å². The van der Waals surface area contributed by atoms with E-state index in [1.807, 2.05) is 0 Å². The van der Waals surface area contributed by atoms with Crippen LogP contribution in [0.1, 0.15) is 28.3 Å². The van der Waals surface area contributed by atoms with Crippen LogP contribution in [0.4, 0.5) is 0 Å². The second kappa shape index (κ2) is 6.28. The molecule has 0 aliphatic carbocycles. The molecule has 90 valence electrons. The van der Waals surface area contributed by atoms with Gasteiger partial charge in [0.2, 0.25) is 0 Å². The van der Waals surface area contributed by atoms with E-state index in [0.29, 0.717) is 0 Å². The van der Waals surface area contributed by atoms with Crippen LogP contribution in [0.3, 0.4) is 0 Å². The molecule has 0 spiro atoms. The van der Waals surface area contributed by atoms with E-state index in [2.05, 4.69) is 32.9 Å². The Morgan fingerprint density at radius 3 is 2.31 bits per heavy atom. The monoisotopic (exact) mass is 239 g/mol. The van der Waals surface area contributed by atoms with Crippen LogP contribution in [0.15, 0.2) is 12.1 Å². The van der Waals surface area contributed by atoms with Gasteiger partial charge in [-0.05, 0) is 37.5 Å². The molecule has 0 aromatic heterocycles. The highest BCUT2D eigenvalue weighted by Crippen LogP contribution is 2.24. The Morgan fingerprint density at radius 2 is 1.81 bits per heavy atom. The summed E-state index contributed by atoms with van der Waals surface area (Å²) in [7, 11) is 0. The van der Waals surface area contributed by atoms with Gasteiger partial charge >= 0.3 is 0 Å². The Bertz CT molecular complexity index is 329. The van der Waals surface area contributed by atoms with Gasteiger partial charge in [-0.15, -0.1) is 0 Å². The summed E-state index contributed by atoms with van der Waals surface area (Å²) in [6, 6.07) is 4.43. The van der Waals surface area contributed by atoms with Crippen molar-refractivity contribution in [1.82, 2.24) is 0 Å². The van der Waals surface area contributed by atoms with Crippen molar-refractivity contribution in [1.29, 1.82) is 0 Å². The molecule has 0 aliphatic rings. The molecule has 0 fully saturated rings. The van der Waals surface area contributed by atoms with Crippen LogP contribution in [0.5, 0.6) is 0 Å². The zero-order valence-electron chi connectivity index (χ0n) is 10.3. The van der Waals surface area contributed by atoms with Crippen LogP contribution >= 0.6 is 11.8 Å². The summed E-state index contributed by atoms with van der Waals surface area (Å²) in [4.78, 5) is 0. The maximum Gasteiger partial charge on any atom is 0.0521 e. The molecule has 0 aliphatic heterocycles. The van der Waals surface area contributed by atoms with Crippen LogP contribution in [0, 0.1) is 20.8 Å². The summed E-state index contributed by atoms with van der Waals surface area (Å²) < 4.78 is 0. The summed E-state index contributed by atoms with van der Waals surface area (Å²) in [5.74, 6) is 1.63. The summed E-state index contributed by atoms with van der Waals surface area (Å²) in [5, 5.41) is 8.73. The van der Waals surface area contributed by atoms with Gasteiger partial charge in [0.1, 0.15) is 0 Å². The third-order valence-electron chi connectivity index (χ3n) is 2.64. The topological polar surface area (TPSA) is 46.2 Å². The Labute approximate surface area is 102 Å². The fraction of sp³-hybridized carbons (Fsp3) is 0.538. The largest absolute Gasteiger partial charge is 0.396 e. The highest BCUT2D eigenvalue weighted by atomic mass is 32.2. The summed E-state index contributed by atoms with van der Waals surface area (Å²) >= 11 is 1.70. The van der Waals surface area contributed by atoms with Crippen molar-refractivity contribution in [2.45, 2.75) is 26.8 Å². The quantitative estimate of drug-likeness (QED) is 0.775. The standard InChI is InChI=1S/C13H21NOS/c1-9-6-10(2)13(11(3)7-9)12(14)8-16-5-4-15/h6-7,12,15H,4-5,8,14H2,1-3H3. The second-order valence-electron chi connectivity index (χ2n) is 4.22. The molecule has 16 heavy (non-hydrogen) atoms. The van der Waals surface area contributed by atoms with E-state index in [0.717, 1.165) is 11.5 Å². The fourth-order valence-corrected chi connectivity index (χ4v) is 2.85. The third kappa shape index (κ3) is 3.51. The minimum Gasteiger partial charge on any atom is -0.396 e. The van der Waals surface area contributed by atoms with Gasteiger partial charge in [-0.25, -0.2) is 0 Å². The van der Waals surface area contributed by atoms with Crippen molar-refractivity contribution >= 4 is 11.8 Å². The predicted molar refractivity (Wildman–Crippen MR) is 72.0 cm³/mol. The molecule has 0 amide bonds. The average Bonchev–Trinajstić information content (AvgIpc) is 2.16.